The highest BCUT2D eigenvalue weighted by Gasteiger charge is 2.44. The minimum absolute atomic E-state index is 0.0643. The van der Waals surface area contributed by atoms with Crippen molar-refractivity contribution in [2.45, 2.75) is 13.2 Å². The van der Waals surface area contributed by atoms with Crippen LogP contribution in [0.5, 0.6) is 0 Å². The fourth-order valence-corrected chi connectivity index (χ4v) is 2.77. The van der Waals surface area contributed by atoms with Gasteiger partial charge in [0.05, 0.1) is 5.02 Å². The molecule has 0 saturated heterocycles. The lowest BCUT2D eigenvalue weighted by Crippen LogP contribution is -2.42. The molecule has 0 spiro atoms. The van der Waals surface area contributed by atoms with E-state index in [0.29, 0.717) is 5.02 Å². The molecule has 1 atom stereocenters. The Morgan fingerprint density at radius 3 is 2.55 bits per heavy atom. The number of fused-ring (bicyclic) bond motifs is 1. The van der Waals surface area contributed by atoms with Crippen molar-refractivity contribution in [2.75, 3.05) is 32.1 Å². The van der Waals surface area contributed by atoms with Crippen molar-refractivity contribution in [3.63, 3.8) is 0 Å². The number of carbonyl (C=O) groups is 3. The largest absolute Gasteiger partial charge is 0.419 e. The van der Waals surface area contributed by atoms with E-state index in [-0.39, 0.29) is 36.2 Å². The molecule has 3 amide bonds. The highest BCUT2D eigenvalue weighted by Crippen LogP contribution is 2.35. The molecule has 0 radical (unpaired) electrons. The molecule has 0 aliphatic carbocycles. The van der Waals surface area contributed by atoms with Gasteiger partial charge in [-0.1, -0.05) is 11.6 Å². The summed E-state index contributed by atoms with van der Waals surface area (Å²) in [7, 11) is 3.19. The van der Waals surface area contributed by atoms with Crippen LogP contribution in [0.1, 0.15) is 29.3 Å². The maximum Gasteiger partial charge on any atom is 0.412 e. The van der Waals surface area contributed by atoms with Gasteiger partial charge in [-0.25, -0.2) is 19.7 Å². The van der Waals surface area contributed by atoms with Crippen molar-refractivity contribution in [1.82, 2.24) is 24.8 Å². The molecule has 0 N–H and O–H groups in total. The summed E-state index contributed by atoms with van der Waals surface area (Å²) in [6.45, 7) is 1.80. The Bertz CT molecular complexity index is 936. The number of carbonyl (C=O) groups excluding carboxylic acids is 3. The Balaban J connectivity index is 1.91. The Kier molecular flexibility index (Phi) is 5.92. The van der Waals surface area contributed by atoms with E-state index in [1.807, 2.05) is 0 Å². The van der Waals surface area contributed by atoms with E-state index < -0.39 is 18.2 Å². The average Bonchev–Trinajstić information content (AvgIpc) is 2.98. The Labute approximate surface area is 172 Å². The first-order chi connectivity index (χ1) is 13.8. The van der Waals surface area contributed by atoms with E-state index >= 15 is 0 Å². The Morgan fingerprint density at radius 2 is 1.93 bits per heavy atom. The van der Waals surface area contributed by atoms with Crippen LogP contribution in [0.2, 0.25) is 5.02 Å². The lowest BCUT2D eigenvalue weighted by Gasteiger charge is -2.27. The third-order valence-corrected chi connectivity index (χ3v) is 4.48. The predicted octanol–water partition coefficient (Wildman–Crippen LogP) is 1.73. The van der Waals surface area contributed by atoms with Crippen molar-refractivity contribution in [1.29, 1.82) is 0 Å². The number of nitrogens with zero attached hydrogens (tertiary/aromatic N) is 6. The topological polar surface area (TPSA) is 109 Å². The molecule has 1 aliphatic heterocycles. The molecule has 1 aliphatic rings. The summed E-state index contributed by atoms with van der Waals surface area (Å²) in [5.41, 5.74) is 0.257. The van der Waals surface area contributed by atoms with Crippen molar-refractivity contribution in [3.8, 4) is 0 Å². The lowest BCUT2D eigenvalue weighted by molar-refractivity contribution is -0.129. The first-order valence-corrected chi connectivity index (χ1v) is 9.13. The molecule has 2 aromatic rings. The zero-order valence-electron chi connectivity index (χ0n) is 16.1. The number of anilines is 1. The standard InChI is InChI=1S/C18H19ClN6O4/c1-4-24(10-13(26)23(2)3)18(28)29-17-15-14(20-7-8-21-15)16(27)25(17)12-6-5-11(19)9-22-12/h5-9,17H,4,10H2,1-3H3. The van der Waals surface area contributed by atoms with E-state index in [1.165, 1.54) is 39.4 Å². The second-order valence-electron chi connectivity index (χ2n) is 6.34. The van der Waals surface area contributed by atoms with Gasteiger partial charge in [0, 0.05) is 39.2 Å². The van der Waals surface area contributed by atoms with Crippen LogP contribution in [-0.4, -0.2) is 69.8 Å². The lowest BCUT2D eigenvalue weighted by atomic mass is 10.3. The van der Waals surface area contributed by atoms with Crippen molar-refractivity contribution < 1.29 is 19.1 Å². The zero-order valence-corrected chi connectivity index (χ0v) is 16.8. The number of aromatic nitrogens is 3. The summed E-state index contributed by atoms with van der Waals surface area (Å²) in [5, 5.41) is 0.391. The molecule has 2 aromatic heterocycles. The normalized spacial score (nSPS) is 15.1. The molecule has 11 heteroatoms. The van der Waals surface area contributed by atoms with Crippen LogP contribution < -0.4 is 4.90 Å². The first-order valence-electron chi connectivity index (χ1n) is 8.75. The number of halogens is 1. The van der Waals surface area contributed by atoms with Gasteiger partial charge in [-0.2, -0.15) is 0 Å². The van der Waals surface area contributed by atoms with Crippen molar-refractivity contribution >= 4 is 35.3 Å². The second kappa shape index (κ2) is 8.39. The smallest absolute Gasteiger partial charge is 0.412 e. The van der Waals surface area contributed by atoms with Crippen LogP contribution in [-0.2, 0) is 9.53 Å². The SMILES string of the molecule is CCN(CC(=O)N(C)C)C(=O)OC1c2nccnc2C(=O)N1c1ccc(Cl)cn1. The monoisotopic (exact) mass is 418 g/mol. The fraction of sp³-hybridized carbons (Fsp3) is 0.333. The Morgan fingerprint density at radius 1 is 1.21 bits per heavy atom. The summed E-state index contributed by atoms with van der Waals surface area (Å²) < 4.78 is 5.59. The van der Waals surface area contributed by atoms with Crippen LogP contribution in [0.4, 0.5) is 10.6 Å². The summed E-state index contributed by atoms with van der Waals surface area (Å²) in [6.07, 6.45) is 2.22. The number of likely N-dealkylation sites (N-methyl/N-ethyl adjacent to an activating group) is 2. The van der Waals surface area contributed by atoms with Crippen LogP contribution in [0, 0.1) is 0 Å². The van der Waals surface area contributed by atoms with Gasteiger partial charge >= 0.3 is 6.09 Å². The molecule has 10 nitrogen and oxygen atoms in total. The zero-order chi connectivity index (χ0) is 21.1. The number of rotatable bonds is 5. The molecule has 152 valence electrons. The van der Waals surface area contributed by atoms with E-state index in [2.05, 4.69) is 15.0 Å². The number of hydrogen-bond donors (Lipinski definition) is 0. The maximum atomic E-state index is 12.9. The summed E-state index contributed by atoms with van der Waals surface area (Å²) in [6, 6.07) is 3.09. The van der Waals surface area contributed by atoms with Gasteiger partial charge in [-0.3, -0.25) is 19.5 Å². The summed E-state index contributed by atoms with van der Waals surface area (Å²) in [4.78, 5) is 53.7. The summed E-state index contributed by atoms with van der Waals surface area (Å²) in [5.74, 6) is -0.541. The molecule has 0 aromatic carbocycles. The highest BCUT2D eigenvalue weighted by atomic mass is 35.5. The minimum Gasteiger partial charge on any atom is -0.419 e. The van der Waals surface area contributed by atoms with E-state index in [9.17, 15) is 14.4 Å². The summed E-state index contributed by atoms with van der Waals surface area (Å²) >= 11 is 5.88. The van der Waals surface area contributed by atoms with Gasteiger partial charge in [-0.05, 0) is 19.1 Å². The van der Waals surface area contributed by atoms with Crippen LogP contribution in [0.15, 0.2) is 30.7 Å². The van der Waals surface area contributed by atoms with Crippen LogP contribution in [0.25, 0.3) is 0 Å². The number of ether oxygens (including phenoxy) is 1. The molecule has 0 bridgehead atoms. The van der Waals surface area contributed by atoms with Gasteiger partial charge in [0.25, 0.3) is 5.91 Å². The molecule has 3 heterocycles. The van der Waals surface area contributed by atoms with Crippen LogP contribution >= 0.6 is 11.6 Å². The maximum absolute atomic E-state index is 12.9. The Hall–Kier alpha value is -3.27. The molecular formula is C18H19ClN6O4. The fourth-order valence-electron chi connectivity index (χ4n) is 2.66. The molecule has 3 rings (SSSR count). The molecule has 0 fully saturated rings. The van der Waals surface area contributed by atoms with Crippen molar-refractivity contribution in [3.05, 3.63) is 47.1 Å². The minimum atomic E-state index is -1.17. The van der Waals surface area contributed by atoms with E-state index in [4.69, 9.17) is 16.3 Å². The quantitative estimate of drug-likeness (QED) is 0.727. The average molecular weight is 419 g/mol. The van der Waals surface area contributed by atoms with E-state index in [1.54, 1.807) is 27.1 Å². The van der Waals surface area contributed by atoms with Gasteiger partial charge in [-0.15, -0.1) is 0 Å². The molecular weight excluding hydrogens is 400 g/mol. The number of pyridine rings is 1. The first kappa shape index (κ1) is 20.5. The third-order valence-electron chi connectivity index (χ3n) is 4.25. The van der Waals surface area contributed by atoms with Gasteiger partial charge in [0.2, 0.25) is 12.1 Å². The predicted molar refractivity (Wildman–Crippen MR) is 103 cm³/mol. The second-order valence-corrected chi connectivity index (χ2v) is 6.77. The van der Waals surface area contributed by atoms with E-state index in [0.717, 1.165) is 0 Å². The van der Waals surface area contributed by atoms with Gasteiger partial charge in [0.1, 0.15) is 18.1 Å². The molecule has 29 heavy (non-hydrogen) atoms. The van der Waals surface area contributed by atoms with Gasteiger partial charge in [0.15, 0.2) is 5.69 Å². The number of hydrogen-bond acceptors (Lipinski definition) is 7. The molecule has 0 saturated carbocycles. The number of amides is 3. The van der Waals surface area contributed by atoms with Crippen LogP contribution in [0.3, 0.4) is 0 Å². The highest BCUT2D eigenvalue weighted by molar-refractivity contribution is 6.30. The molecule has 1 unspecified atom stereocenters. The third kappa shape index (κ3) is 4.11. The van der Waals surface area contributed by atoms with Gasteiger partial charge < -0.3 is 9.64 Å². The van der Waals surface area contributed by atoms with Crippen molar-refractivity contribution in [2.24, 2.45) is 0 Å².